The average Bonchev–Trinajstić information content (AvgIpc) is 3.25. The summed E-state index contributed by atoms with van der Waals surface area (Å²) in [4.78, 5) is 23.2. The number of amides is 1. The molecule has 1 amide bonds. The summed E-state index contributed by atoms with van der Waals surface area (Å²) in [6.07, 6.45) is 2.69. The summed E-state index contributed by atoms with van der Waals surface area (Å²) in [6.45, 7) is 0. The summed E-state index contributed by atoms with van der Waals surface area (Å²) < 4.78 is 1.71. The van der Waals surface area contributed by atoms with Crippen molar-refractivity contribution in [2.75, 3.05) is 5.32 Å². The third-order valence-corrected chi connectivity index (χ3v) is 4.86. The number of hydrogen-bond acceptors (Lipinski definition) is 4. The van der Waals surface area contributed by atoms with E-state index in [1.807, 2.05) is 30.3 Å². The Labute approximate surface area is 159 Å². The molecule has 1 N–H and O–H groups in total. The van der Waals surface area contributed by atoms with Crippen LogP contribution in [0.4, 0.5) is 11.5 Å². The molecule has 1 aromatic heterocycles. The Balaban J connectivity index is 1.72. The molecule has 1 aliphatic rings. The largest absolute Gasteiger partial charge is 0.306 e. The van der Waals surface area contributed by atoms with E-state index in [9.17, 15) is 14.9 Å². The third kappa shape index (κ3) is 3.17. The molecule has 2 aromatic carbocycles. The Kier molecular flexibility index (Phi) is 4.37. The van der Waals surface area contributed by atoms with Gasteiger partial charge in [-0.1, -0.05) is 29.8 Å². The van der Waals surface area contributed by atoms with Gasteiger partial charge in [0.15, 0.2) is 0 Å². The fourth-order valence-electron chi connectivity index (χ4n) is 3.25. The van der Waals surface area contributed by atoms with Gasteiger partial charge in [0.05, 0.1) is 16.3 Å². The number of aryl methyl sites for hydroxylation is 1. The number of nitro benzene ring substituents is 1. The van der Waals surface area contributed by atoms with Crippen molar-refractivity contribution in [2.45, 2.75) is 19.3 Å². The van der Waals surface area contributed by atoms with Gasteiger partial charge in [0.25, 0.3) is 11.6 Å². The van der Waals surface area contributed by atoms with Crippen molar-refractivity contribution in [1.82, 2.24) is 9.78 Å². The van der Waals surface area contributed by atoms with Gasteiger partial charge in [-0.3, -0.25) is 14.9 Å². The zero-order valence-electron chi connectivity index (χ0n) is 14.2. The van der Waals surface area contributed by atoms with E-state index in [1.165, 1.54) is 18.2 Å². The molecule has 0 spiro atoms. The maximum absolute atomic E-state index is 12.8. The van der Waals surface area contributed by atoms with Crippen LogP contribution in [-0.2, 0) is 12.8 Å². The molecule has 0 unspecified atom stereocenters. The van der Waals surface area contributed by atoms with Gasteiger partial charge in [0.2, 0.25) is 0 Å². The predicted molar refractivity (Wildman–Crippen MR) is 102 cm³/mol. The van der Waals surface area contributed by atoms with E-state index < -0.39 is 10.8 Å². The summed E-state index contributed by atoms with van der Waals surface area (Å²) in [6, 6.07) is 13.5. The number of nitrogens with one attached hydrogen (secondary N) is 1. The van der Waals surface area contributed by atoms with Crippen LogP contribution in [0.25, 0.3) is 5.69 Å². The number of halogens is 1. The van der Waals surface area contributed by atoms with Crippen LogP contribution in [0.2, 0.25) is 5.02 Å². The van der Waals surface area contributed by atoms with Crippen LogP contribution in [-0.4, -0.2) is 20.6 Å². The van der Waals surface area contributed by atoms with E-state index in [1.54, 1.807) is 4.68 Å². The molecular formula is C19H15ClN4O3. The van der Waals surface area contributed by atoms with Crippen molar-refractivity contribution in [3.63, 3.8) is 0 Å². The number of anilines is 1. The predicted octanol–water partition coefficient (Wildman–Crippen LogP) is 4.17. The number of rotatable bonds is 4. The van der Waals surface area contributed by atoms with Gasteiger partial charge in [-0.2, -0.15) is 5.10 Å². The molecule has 0 atom stereocenters. The molecule has 0 bridgehead atoms. The Morgan fingerprint density at radius 1 is 1.19 bits per heavy atom. The molecule has 0 saturated carbocycles. The first kappa shape index (κ1) is 17.2. The highest BCUT2D eigenvalue weighted by atomic mass is 35.5. The number of fused-ring (bicyclic) bond motifs is 1. The minimum Gasteiger partial charge on any atom is -0.306 e. The van der Waals surface area contributed by atoms with Crippen molar-refractivity contribution in [3.05, 3.63) is 80.5 Å². The van der Waals surface area contributed by atoms with E-state index in [0.29, 0.717) is 5.82 Å². The summed E-state index contributed by atoms with van der Waals surface area (Å²) >= 11 is 5.83. The third-order valence-electron chi connectivity index (χ3n) is 4.54. The second-order valence-corrected chi connectivity index (χ2v) is 6.66. The van der Waals surface area contributed by atoms with E-state index in [2.05, 4.69) is 10.4 Å². The van der Waals surface area contributed by atoms with Gasteiger partial charge in [-0.25, -0.2) is 4.68 Å². The lowest BCUT2D eigenvalue weighted by Gasteiger charge is -2.11. The number of para-hydroxylation sites is 1. The van der Waals surface area contributed by atoms with Gasteiger partial charge in [0.1, 0.15) is 10.8 Å². The highest BCUT2D eigenvalue weighted by Gasteiger charge is 2.25. The van der Waals surface area contributed by atoms with Gasteiger partial charge >= 0.3 is 0 Å². The number of carbonyl (C=O) groups excluding carboxylic acids is 1. The number of nitro groups is 1. The van der Waals surface area contributed by atoms with Gasteiger partial charge < -0.3 is 5.32 Å². The molecule has 136 valence electrons. The number of carbonyl (C=O) groups is 1. The van der Waals surface area contributed by atoms with E-state index in [-0.39, 0.29) is 16.3 Å². The lowest BCUT2D eigenvalue weighted by Crippen LogP contribution is -2.16. The van der Waals surface area contributed by atoms with E-state index in [4.69, 9.17) is 11.6 Å². The minimum absolute atomic E-state index is 0.00762. The van der Waals surface area contributed by atoms with Crippen molar-refractivity contribution in [1.29, 1.82) is 0 Å². The van der Waals surface area contributed by atoms with Crippen LogP contribution in [0.15, 0.2) is 48.5 Å². The second-order valence-electron chi connectivity index (χ2n) is 6.25. The number of hydrogen-bond donors (Lipinski definition) is 1. The highest BCUT2D eigenvalue weighted by molar-refractivity contribution is 6.32. The fraction of sp³-hybridized carbons (Fsp3) is 0.158. The Hall–Kier alpha value is -3.19. The van der Waals surface area contributed by atoms with Crippen LogP contribution in [0, 0.1) is 10.1 Å². The highest BCUT2D eigenvalue weighted by Crippen LogP contribution is 2.32. The molecular weight excluding hydrogens is 368 g/mol. The maximum atomic E-state index is 12.8. The fourth-order valence-corrected chi connectivity index (χ4v) is 3.44. The van der Waals surface area contributed by atoms with Crippen LogP contribution in [0.1, 0.15) is 28.0 Å². The van der Waals surface area contributed by atoms with Crippen LogP contribution < -0.4 is 5.32 Å². The SMILES string of the molecule is O=C(Nc1c2c(nn1-c1ccccc1)CCC2)c1ccc(Cl)c([N+](=O)[O-])c1. The molecule has 0 radical (unpaired) electrons. The molecule has 1 aliphatic carbocycles. The summed E-state index contributed by atoms with van der Waals surface area (Å²) in [5.41, 5.74) is 2.68. The monoisotopic (exact) mass is 382 g/mol. The van der Waals surface area contributed by atoms with E-state index in [0.717, 1.165) is 36.2 Å². The molecule has 27 heavy (non-hydrogen) atoms. The van der Waals surface area contributed by atoms with Gasteiger partial charge in [0, 0.05) is 17.2 Å². The van der Waals surface area contributed by atoms with Crippen molar-refractivity contribution in [3.8, 4) is 5.69 Å². The zero-order valence-corrected chi connectivity index (χ0v) is 14.9. The molecule has 4 rings (SSSR count). The average molecular weight is 383 g/mol. The number of nitrogens with zero attached hydrogens (tertiary/aromatic N) is 3. The summed E-state index contributed by atoms with van der Waals surface area (Å²) in [7, 11) is 0. The Bertz CT molecular complexity index is 1050. The molecule has 1 heterocycles. The molecule has 3 aromatic rings. The lowest BCUT2D eigenvalue weighted by molar-refractivity contribution is -0.384. The van der Waals surface area contributed by atoms with Crippen LogP contribution in [0.3, 0.4) is 0 Å². The first-order chi connectivity index (χ1) is 13.0. The van der Waals surface area contributed by atoms with Gasteiger partial charge in [-0.15, -0.1) is 0 Å². The van der Waals surface area contributed by atoms with E-state index >= 15 is 0 Å². The molecule has 0 aliphatic heterocycles. The van der Waals surface area contributed by atoms with Crippen LogP contribution in [0.5, 0.6) is 0 Å². The van der Waals surface area contributed by atoms with Crippen molar-refractivity contribution >= 4 is 29.0 Å². The summed E-state index contributed by atoms with van der Waals surface area (Å²) in [5, 5.41) is 18.6. The summed E-state index contributed by atoms with van der Waals surface area (Å²) in [5.74, 6) is 0.165. The number of aromatic nitrogens is 2. The van der Waals surface area contributed by atoms with Gasteiger partial charge in [-0.05, 0) is 43.5 Å². The first-order valence-electron chi connectivity index (χ1n) is 8.46. The molecule has 0 fully saturated rings. The van der Waals surface area contributed by atoms with Crippen molar-refractivity contribution in [2.24, 2.45) is 0 Å². The standard InChI is InChI=1S/C19H15ClN4O3/c20-15-10-9-12(11-17(15)24(26)27)19(25)21-18-14-7-4-8-16(14)22-23(18)13-5-2-1-3-6-13/h1-3,5-6,9-11H,4,7-8H2,(H,21,25). The quantitative estimate of drug-likeness (QED) is 0.541. The molecule has 7 nitrogen and oxygen atoms in total. The molecule has 0 saturated heterocycles. The van der Waals surface area contributed by atoms with Crippen molar-refractivity contribution < 1.29 is 9.72 Å². The lowest BCUT2D eigenvalue weighted by atomic mass is 10.2. The smallest absolute Gasteiger partial charge is 0.288 e. The maximum Gasteiger partial charge on any atom is 0.288 e. The zero-order chi connectivity index (χ0) is 19.0. The second kappa shape index (κ2) is 6.85. The number of benzene rings is 2. The van der Waals surface area contributed by atoms with Crippen LogP contribution >= 0.6 is 11.6 Å². The Morgan fingerprint density at radius 2 is 1.96 bits per heavy atom. The first-order valence-corrected chi connectivity index (χ1v) is 8.84. The minimum atomic E-state index is -0.606. The Morgan fingerprint density at radius 3 is 2.70 bits per heavy atom. The molecule has 8 heteroatoms. The normalized spacial score (nSPS) is 12.6. The topological polar surface area (TPSA) is 90.1 Å².